The zero-order valence-electron chi connectivity index (χ0n) is 15.5. The molecule has 0 saturated carbocycles. The van der Waals surface area contributed by atoms with Gasteiger partial charge in [0.2, 0.25) is 0 Å². The molecular formula is C19H29NO4. The fourth-order valence-electron chi connectivity index (χ4n) is 2.30. The summed E-state index contributed by atoms with van der Waals surface area (Å²) in [6, 6.07) is 7.09. The van der Waals surface area contributed by atoms with Gasteiger partial charge in [0.1, 0.15) is 11.4 Å². The second-order valence-electron chi connectivity index (χ2n) is 7.19. The summed E-state index contributed by atoms with van der Waals surface area (Å²) >= 11 is 0. The molecule has 0 heterocycles. The average molecular weight is 335 g/mol. The third kappa shape index (κ3) is 7.02. The summed E-state index contributed by atoms with van der Waals surface area (Å²) in [5.74, 6) is 0.765. The second kappa shape index (κ2) is 8.71. The minimum Gasteiger partial charge on any atom is -0.497 e. The predicted molar refractivity (Wildman–Crippen MR) is 94.3 cm³/mol. The molecule has 0 aliphatic carbocycles. The molecule has 24 heavy (non-hydrogen) atoms. The van der Waals surface area contributed by atoms with Crippen molar-refractivity contribution in [2.24, 2.45) is 5.92 Å². The standard InChI is InChI=1S/C19H29NO4/c1-13(2)17(20-18(22)24-19(3,4)5)16(21)11-10-14-8-7-9-15(12-14)23-6/h7-9,12-13,17H,10-11H2,1-6H3,(H,20,22). The zero-order valence-corrected chi connectivity index (χ0v) is 15.5. The van der Waals surface area contributed by atoms with Crippen molar-refractivity contribution in [3.63, 3.8) is 0 Å². The molecule has 1 amide bonds. The van der Waals surface area contributed by atoms with Gasteiger partial charge in [-0.2, -0.15) is 0 Å². The molecule has 134 valence electrons. The van der Waals surface area contributed by atoms with Gasteiger partial charge in [-0.05, 0) is 50.8 Å². The number of aryl methyl sites for hydroxylation is 1. The number of Topliss-reactive ketones (excluding diaryl/α,β-unsaturated/α-hetero) is 1. The molecule has 1 rings (SSSR count). The molecule has 5 nitrogen and oxygen atoms in total. The Hall–Kier alpha value is -2.04. The van der Waals surface area contributed by atoms with Crippen LogP contribution >= 0.6 is 0 Å². The number of carbonyl (C=O) groups excluding carboxylic acids is 2. The molecule has 0 aromatic heterocycles. The summed E-state index contributed by atoms with van der Waals surface area (Å²) in [6.07, 6.45) is 0.400. The van der Waals surface area contributed by atoms with Crippen LogP contribution in [0.1, 0.15) is 46.6 Å². The van der Waals surface area contributed by atoms with Crippen LogP contribution in [0.3, 0.4) is 0 Å². The highest BCUT2D eigenvalue weighted by molar-refractivity contribution is 5.87. The first-order valence-electron chi connectivity index (χ1n) is 8.27. The van der Waals surface area contributed by atoms with E-state index in [4.69, 9.17) is 9.47 Å². The lowest BCUT2D eigenvalue weighted by Gasteiger charge is -2.25. The van der Waals surface area contributed by atoms with E-state index in [0.717, 1.165) is 11.3 Å². The van der Waals surface area contributed by atoms with E-state index in [-0.39, 0.29) is 11.7 Å². The number of nitrogens with one attached hydrogen (secondary N) is 1. The molecule has 0 saturated heterocycles. The quantitative estimate of drug-likeness (QED) is 0.824. The number of alkyl carbamates (subject to hydrolysis) is 1. The molecule has 0 fully saturated rings. The van der Waals surface area contributed by atoms with Crippen molar-refractivity contribution in [2.45, 2.75) is 59.1 Å². The lowest BCUT2D eigenvalue weighted by atomic mass is 9.95. The monoisotopic (exact) mass is 335 g/mol. The molecule has 1 atom stereocenters. The van der Waals surface area contributed by atoms with E-state index in [1.807, 2.05) is 38.1 Å². The molecule has 0 radical (unpaired) electrons. The fourth-order valence-corrected chi connectivity index (χ4v) is 2.30. The Labute approximate surface area is 144 Å². The normalized spacial score (nSPS) is 12.6. The van der Waals surface area contributed by atoms with Gasteiger partial charge in [-0.25, -0.2) is 4.79 Å². The number of rotatable bonds is 7. The van der Waals surface area contributed by atoms with Crippen LogP contribution in [0, 0.1) is 5.92 Å². The molecule has 0 spiro atoms. The van der Waals surface area contributed by atoms with E-state index in [2.05, 4.69) is 5.32 Å². The maximum absolute atomic E-state index is 12.5. The van der Waals surface area contributed by atoms with E-state index >= 15 is 0 Å². The molecule has 1 N–H and O–H groups in total. The van der Waals surface area contributed by atoms with Gasteiger partial charge in [-0.3, -0.25) is 4.79 Å². The lowest BCUT2D eigenvalue weighted by Crippen LogP contribution is -2.46. The van der Waals surface area contributed by atoms with Gasteiger partial charge in [0.15, 0.2) is 5.78 Å². The number of carbonyl (C=O) groups is 2. The molecule has 0 aliphatic rings. The maximum Gasteiger partial charge on any atom is 0.408 e. The summed E-state index contributed by atoms with van der Waals surface area (Å²) in [5.41, 5.74) is 0.442. The first kappa shape index (κ1) is 20.0. The van der Waals surface area contributed by atoms with Crippen LogP contribution < -0.4 is 10.1 Å². The average Bonchev–Trinajstić information content (AvgIpc) is 2.48. The van der Waals surface area contributed by atoms with Crippen molar-refractivity contribution in [3.8, 4) is 5.75 Å². The highest BCUT2D eigenvalue weighted by Crippen LogP contribution is 2.16. The molecule has 1 aromatic rings. The second-order valence-corrected chi connectivity index (χ2v) is 7.19. The number of hydrogen-bond acceptors (Lipinski definition) is 4. The fraction of sp³-hybridized carbons (Fsp3) is 0.579. The number of amides is 1. The van der Waals surface area contributed by atoms with E-state index in [1.54, 1.807) is 27.9 Å². The number of hydrogen-bond donors (Lipinski definition) is 1. The van der Waals surface area contributed by atoms with Crippen LogP contribution in [0.2, 0.25) is 0 Å². The predicted octanol–water partition coefficient (Wildman–Crippen LogP) is 3.75. The number of benzene rings is 1. The Bertz CT molecular complexity index is 561. The van der Waals surface area contributed by atoms with Gasteiger partial charge in [0.25, 0.3) is 0 Å². The third-order valence-electron chi connectivity index (χ3n) is 3.48. The molecule has 0 bridgehead atoms. The van der Waals surface area contributed by atoms with Crippen LogP contribution in [0.25, 0.3) is 0 Å². The Morgan fingerprint density at radius 2 is 1.88 bits per heavy atom. The van der Waals surface area contributed by atoms with Gasteiger partial charge in [0, 0.05) is 6.42 Å². The topological polar surface area (TPSA) is 64.6 Å². The van der Waals surface area contributed by atoms with E-state index in [1.165, 1.54) is 0 Å². The third-order valence-corrected chi connectivity index (χ3v) is 3.48. The highest BCUT2D eigenvalue weighted by atomic mass is 16.6. The van der Waals surface area contributed by atoms with Gasteiger partial charge in [0.05, 0.1) is 13.2 Å². The van der Waals surface area contributed by atoms with Crippen LogP contribution in [-0.2, 0) is 16.0 Å². The molecule has 5 heteroatoms. The SMILES string of the molecule is COc1cccc(CCC(=O)C(NC(=O)OC(C)(C)C)C(C)C)c1. The van der Waals surface area contributed by atoms with E-state index in [0.29, 0.717) is 12.8 Å². The largest absolute Gasteiger partial charge is 0.497 e. The number of ether oxygens (including phenoxy) is 2. The van der Waals surface area contributed by atoms with E-state index < -0.39 is 17.7 Å². The minimum absolute atomic E-state index is 0.00122. The van der Waals surface area contributed by atoms with Crippen LogP contribution in [0.4, 0.5) is 4.79 Å². The molecule has 1 aromatic carbocycles. The van der Waals surface area contributed by atoms with E-state index in [9.17, 15) is 9.59 Å². The highest BCUT2D eigenvalue weighted by Gasteiger charge is 2.26. The lowest BCUT2D eigenvalue weighted by molar-refractivity contribution is -0.122. The molecule has 0 aliphatic heterocycles. The van der Waals surface area contributed by atoms with Crippen LogP contribution in [0.15, 0.2) is 24.3 Å². The first-order valence-corrected chi connectivity index (χ1v) is 8.27. The minimum atomic E-state index is -0.588. The Balaban J connectivity index is 2.64. The van der Waals surface area contributed by atoms with Crippen molar-refractivity contribution in [3.05, 3.63) is 29.8 Å². The van der Waals surface area contributed by atoms with Gasteiger partial charge in [-0.1, -0.05) is 26.0 Å². The summed E-state index contributed by atoms with van der Waals surface area (Å²) in [6.45, 7) is 9.20. The number of methoxy groups -OCH3 is 1. The summed E-state index contributed by atoms with van der Waals surface area (Å²) in [5, 5.41) is 2.70. The van der Waals surface area contributed by atoms with Crippen molar-refractivity contribution >= 4 is 11.9 Å². The van der Waals surface area contributed by atoms with Crippen LogP contribution in [-0.4, -0.2) is 30.6 Å². The van der Waals surface area contributed by atoms with Crippen LogP contribution in [0.5, 0.6) is 5.75 Å². The summed E-state index contributed by atoms with van der Waals surface area (Å²) in [4.78, 5) is 24.4. The summed E-state index contributed by atoms with van der Waals surface area (Å²) in [7, 11) is 1.61. The Morgan fingerprint density at radius 3 is 2.42 bits per heavy atom. The smallest absolute Gasteiger partial charge is 0.408 e. The number of ketones is 1. The zero-order chi connectivity index (χ0) is 18.3. The van der Waals surface area contributed by atoms with Crippen molar-refractivity contribution < 1.29 is 19.1 Å². The van der Waals surface area contributed by atoms with Gasteiger partial charge in [-0.15, -0.1) is 0 Å². The van der Waals surface area contributed by atoms with Gasteiger partial charge < -0.3 is 14.8 Å². The molecular weight excluding hydrogens is 306 g/mol. The Kier molecular flexibility index (Phi) is 7.26. The van der Waals surface area contributed by atoms with Crippen molar-refractivity contribution in [2.75, 3.05) is 7.11 Å². The van der Waals surface area contributed by atoms with Crippen molar-refractivity contribution in [1.29, 1.82) is 0 Å². The van der Waals surface area contributed by atoms with Gasteiger partial charge >= 0.3 is 6.09 Å². The first-order chi connectivity index (χ1) is 11.1. The van der Waals surface area contributed by atoms with Crippen molar-refractivity contribution in [1.82, 2.24) is 5.32 Å². The summed E-state index contributed by atoms with van der Waals surface area (Å²) < 4.78 is 10.4. The maximum atomic E-state index is 12.5. The Morgan fingerprint density at radius 1 is 1.21 bits per heavy atom. The molecule has 1 unspecified atom stereocenters.